The van der Waals surface area contributed by atoms with E-state index >= 15 is 0 Å². The van der Waals surface area contributed by atoms with Crippen LogP contribution in [0.4, 0.5) is 16.2 Å². The van der Waals surface area contributed by atoms with E-state index in [4.69, 9.17) is 0 Å². The van der Waals surface area contributed by atoms with E-state index < -0.39 is 6.03 Å². The van der Waals surface area contributed by atoms with E-state index in [1.807, 2.05) is 42.6 Å². The van der Waals surface area contributed by atoms with Crippen LogP contribution in [0.3, 0.4) is 0 Å². The van der Waals surface area contributed by atoms with Crippen molar-refractivity contribution in [1.29, 1.82) is 0 Å². The Bertz CT molecular complexity index is 972. The molecule has 0 saturated heterocycles. The summed E-state index contributed by atoms with van der Waals surface area (Å²) in [6.45, 7) is -0.00301. The van der Waals surface area contributed by atoms with Crippen LogP contribution in [0, 0.1) is 0 Å². The zero-order valence-electron chi connectivity index (χ0n) is 16.2. The van der Waals surface area contributed by atoms with E-state index in [0.717, 1.165) is 5.69 Å². The van der Waals surface area contributed by atoms with Crippen LogP contribution < -0.4 is 21.3 Å². The summed E-state index contributed by atoms with van der Waals surface area (Å²) in [4.78, 5) is 35.6. The maximum absolute atomic E-state index is 12.0. The molecule has 2 aromatic carbocycles. The van der Waals surface area contributed by atoms with Crippen molar-refractivity contribution in [3.63, 3.8) is 0 Å². The highest BCUT2D eigenvalue weighted by atomic mass is 16.2. The predicted octanol–water partition coefficient (Wildman–Crippen LogP) is 2.14. The molecule has 154 valence electrons. The van der Waals surface area contributed by atoms with E-state index in [0.29, 0.717) is 11.4 Å². The van der Waals surface area contributed by atoms with Gasteiger partial charge < -0.3 is 21.3 Å². The highest BCUT2D eigenvalue weighted by Gasteiger charge is 2.07. The number of hydrogen-bond donors (Lipinski definition) is 4. The van der Waals surface area contributed by atoms with Gasteiger partial charge in [-0.1, -0.05) is 18.2 Å². The fourth-order valence-electron chi connectivity index (χ4n) is 2.58. The summed E-state index contributed by atoms with van der Waals surface area (Å²) < 4.78 is 1.71. The number of nitrogens with one attached hydrogen (secondary N) is 4. The SMILES string of the molecule is O=C(CCNC(=O)Nc1ccccc1)NCC(=O)Nc1ccc(-n2cccn2)cc1. The van der Waals surface area contributed by atoms with Crippen LogP contribution >= 0.6 is 0 Å². The van der Waals surface area contributed by atoms with Crippen LogP contribution in [-0.2, 0) is 9.59 Å². The zero-order chi connectivity index (χ0) is 21.2. The predicted molar refractivity (Wildman–Crippen MR) is 113 cm³/mol. The average molecular weight is 406 g/mol. The fourth-order valence-corrected chi connectivity index (χ4v) is 2.58. The van der Waals surface area contributed by atoms with Crippen LogP contribution in [0.15, 0.2) is 73.1 Å². The van der Waals surface area contributed by atoms with Crippen LogP contribution in [0.25, 0.3) is 5.69 Å². The highest BCUT2D eigenvalue weighted by molar-refractivity contribution is 5.94. The second kappa shape index (κ2) is 10.4. The molecule has 0 fully saturated rings. The van der Waals surface area contributed by atoms with E-state index in [1.165, 1.54) is 0 Å². The molecule has 0 spiro atoms. The fraction of sp³-hybridized carbons (Fsp3) is 0.143. The topological polar surface area (TPSA) is 117 Å². The van der Waals surface area contributed by atoms with Crippen molar-refractivity contribution in [2.24, 2.45) is 0 Å². The standard InChI is InChI=1S/C21H22N6O3/c28-19(11-13-22-21(30)26-16-5-2-1-3-6-16)23-15-20(29)25-17-7-9-18(10-8-17)27-14-4-12-24-27/h1-10,12,14H,11,13,15H2,(H,23,28)(H,25,29)(H2,22,26,30). The molecule has 0 saturated carbocycles. The van der Waals surface area contributed by atoms with Gasteiger partial charge in [0.2, 0.25) is 11.8 Å². The molecule has 0 aliphatic heterocycles. The molecule has 0 unspecified atom stereocenters. The second-order valence-corrected chi connectivity index (χ2v) is 6.32. The second-order valence-electron chi connectivity index (χ2n) is 6.32. The molecule has 1 aromatic heterocycles. The third-order valence-electron chi connectivity index (χ3n) is 4.04. The molecule has 0 radical (unpaired) electrons. The van der Waals surface area contributed by atoms with Gasteiger partial charge in [-0.15, -0.1) is 0 Å². The van der Waals surface area contributed by atoms with Gasteiger partial charge in [-0.3, -0.25) is 9.59 Å². The number of benzene rings is 2. The summed E-state index contributed by atoms with van der Waals surface area (Å²) in [6.07, 6.45) is 3.57. The van der Waals surface area contributed by atoms with Gasteiger partial charge in [0, 0.05) is 36.7 Å². The van der Waals surface area contributed by atoms with Crippen molar-refractivity contribution in [1.82, 2.24) is 20.4 Å². The van der Waals surface area contributed by atoms with Crippen molar-refractivity contribution in [2.75, 3.05) is 23.7 Å². The summed E-state index contributed by atoms with van der Waals surface area (Å²) in [5.41, 5.74) is 2.15. The summed E-state index contributed by atoms with van der Waals surface area (Å²) in [5, 5.41) is 14.6. The zero-order valence-corrected chi connectivity index (χ0v) is 16.2. The molecule has 1 heterocycles. The van der Waals surface area contributed by atoms with Gasteiger partial charge in [-0.2, -0.15) is 5.10 Å². The number of carbonyl (C=O) groups is 3. The minimum absolute atomic E-state index is 0.0635. The van der Waals surface area contributed by atoms with Crippen molar-refractivity contribution in [3.05, 3.63) is 73.1 Å². The Hall–Kier alpha value is -4.14. The average Bonchev–Trinajstić information content (AvgIpc) is 3.28. The number of nitrogens with zero attached hydrogens (tertiary/aromatic N) is 2. The smallest absolute Gasteiger partial charge is 0.319 e. The lowest BCUT2D eigenvalue weighted by molar-refractivity contribution is -0.124. The van der Waals surface area contributed by atoms with Gasteiger partial charge in [0.05, 0.1) is 12.2 Å². The normalized spacial score (nSPS) is 10.1. The van der Waals surface area contributed by atoms with E-state index in [-0.39, 0.29) is 31.3 Å². The third kappa shape index (κ3) is 6.48. The van der Waals surface area contributed by atoms with Gasteiger partial charge in [-0.05, 0) is 42.5 Å². The maximum atomic E-state index is 12.0. The summed E-state index contributed by atoms with van der Waals surface area (Å²) in [6, 6.07) is 17.6. The van der Waals surface area contributed by atoms with Gasteiger partial charge in [-0.25, -0.2) is 9.48 Å². The quantitative estimate of drug-likeness (QED) is 0.458. The Morgan fingerprint density at radius 3 is 2.23 bits per heavy atom. The van der Waals surface area contributed by atoms with Crippen LogP contribution in [0.1, 0.15) is 6.42 Å². The Morgan fingerprint density at radius 2 is 1.53 bits per heavy atom. The minimum Gasteiger partial charge on any atom is -0.347 e. The first-order chi connectivity index (χ1) is 14.6. The van der Waals surface area contributed by atoms with Crippen molar-refractivity contribution < 1.29 is 14.4 Å². The molecule has 4 N–H and O–H groups in total. The minimum atomic E-state index is -0.398. The molecule has 9 heteroatoms. The van der Waals surface area contributed by atoms with Crippen LogP contribution in [0.5, 0.6) is 0 Å². The Labute approximate surface area is 173 Å². The molecule has 0 aliphatic carbocycles. The first-order valence-electron chi connectivity index (χ1n) is 9.37. The molecule has 0 aliphatic rings. The van der Waals surface area contributed by atoms with Gasteiger partial charge in [0.15, 0.2) is 0 Å². The number of para-hydroxylation sites is 1. The number of hydrogen-bond acceptors (Lipinski definition) is 4. The largest absolute Gasteiger partial charge is 0.347 e. The van der Waals surface area contributed by atoms with Crippen molar-refractivity contribution in [3.8, 4) is 5.69 Å². The molecular weight excluding hydrogens is 384 g/mol. The lowest BCUT2D eigenvalue weighted by atomic mass is 10.3. The number of carbonyl (C=O) groups excluding carboxylic acids is 3. The number of aromatic nitrogens is 2. The molecular formula is C21H22N6O3. The number of anilines is 2. The van der Waals surface area contributed by atoms with Gasteiger partial charge in [0.25, 0.3) is 0 Å². The van der Waals surface area contributed by atoms with E-state index in [9.17, 15) is 14.4 Å². The summed E-state index contributed by atoms with van der Waals surface area (Å²) >= 11 is 0. The summed E-state index contributed by atoms with van der Waals surface area (Å²) in [7, 11) is 0. The monoisotopic (exact) mass is 406 g/mol. The van der Waals surface area contributed by atoms with Gasteiger partial charge >= 0.3 is 6.03 Å². The first kappa shape index (κ1) is 20.6. The van der Waals surface area contributed by atoms with Crippen LogP contribution in [0.2, 0.25) is 0 Å². The highest BCUT2D eigenvalue weighted by Crippen LogP contribution is 2.12. The lowest BCUT2D eigenvalue weighted by Crippen LogP contribution is -2.36. The lowest BCUT2D eigenvalue weighted by Gasteiger charge is -2.09. The first-order valence-corrected chi connectivity index (χ1v) is 9.37. The number of amides is 4. The molecule has 3 aromatic rings. The molecule has 0 bridgehead atoms. The number of urea groups is 1. The van der Waals surface area contributed by atoms with Crippen molar-refractivity contribution in [2.45, 2.75) is 6.42 Å². The maximum Gasteiger partial charge on any atom is 0.319 e. The Balaban J connectivity index is 1.32. The number of rotatable bonds is 8. The van der Waals surface area contributed by atoms with Crippen molar-refractivity contribution >= 4 is 29.2 Å². The molecule has 30 heavy (non-hydrogen) atoms. The Kier molecular flexibility index (Phi) is 7.15. The summed E-state index contributed by atoms with van der Waals surface area (Å²) in [5.74, 6) is -0.677. The van der Waals surface area contributed by atoms with Gasteiger partial charge in [0.1, 0.15) is 0 Å². The third-order valence-corrected chi connectivity index (χ3v) is 4.04. The Morgan fingerprint density at radius 1 is 0.800 bits per heavy atom. The molecule has 0 atom stereocenters. The van der Waals surface area contributed by atoms with E-state index in [2.05, 4.69) is 26.4 Å². The van der Waals surface area contributed by atoms with Crippen LogP contribution in [-0.4, -0.2) is 40.7 Å². The molecule has 9 nitrogen and oxygen atoms in total. The van der Waals surface area contributed by atoms with E-state index in [1.54, 1.807) is 35.1 Å². The molecule has 3 rings (SSSR count). The molecule has 4 amide bonds.